The van der Waals surface area contributed by atoms with Crippen LogP contribution in [0.25, 0.3) is 11.1 Å². The highest BCUT2D eigenvalue weighted by molar-refractivity contribution is 5.79. The summed E-state index contributed by atoms with van der Waals surface area (Å²) in [7, 11) is 0. The molecule has 5 nitrogen and oxygen atoms in total. The van der Waals surface area contributed by atoms with Crippen molar-refractivity contribution in [2.75, 3.05) is 18.9 Å². The molecule has 0 aliphatic heterocycles. The van der Waals surface area contributed by atoms with Gasteiger partial charge in [0, 0.05) is 12.1 Å². The summed E-state index contributed by atoms with van der Waals surface area (Å²) in [6.07, 6.45) is 1.17. The number of amides is 1. The van der Waals surface area contributed by atoms with Crippen LogP contribution in [0.3, 0.4) is 0 Å². The van der Waals surface area contributed by atoms with Crippen molar-refractivity contribution in [1.82, 2.24) is 10.3 Å². The zero-order valence-corrected chi connectivity index (χ0v) is 16.1. The molecule has 0 spiro atoms. The molecule has 1 amide bonds. The van der Waals surface area contributed by atoms with Gasteiger partial charge in [0.1, 0.15) is 12.3 Å². The van der Waals surface area contributed by atoms with Gasteiger partial charge in [0.15, 0.2) is 0 Å². The molecule has 5 heteroatoms. The summed E-state index contributed by atoms with van der Waals surface area (Å²) in [5, 5.41) is 2.66. The van der Waals surface area contributed by atoms with Crippen LogP contribution in [0, 0.1) is 18.8 Å². The molecule has 0 atom stereocenters. The number of anilines is 1. The first kappa shape index (κ1) is 18.6. The number of pyridine rings is 1. The summed E-state index contributed by atoms with van der Waals surface area (Å²) in [6.45, 7) is 2.34. The first-order valence-corrected chi connectivity index (χ1v) is 9.44. The zero-order valence-electron chi connectivity index (χ0n) is 16.1. The molecule has 1 heterocycles. The number of benzene rings is 2. The molecule has 3 aromatic rings. The lowest BCUT2D eigenvalue weighted by atomic mass is 9.98. The lowest BCUT2D eigenvalue weighted by Crippen LogP contribution is -2.26. The van der Waals surface area contributed by atoms with Gasteiger partial charge in [0.2, 0.25) is 0 Å². The number of rotatable bonds is 3. The molecule has 1 aliphatic carbocycles. The highest BCUT2D eigenvalue weighted by Crippen LogP contribution is 2.44. The maximum absolute atomic E-state index is 12.1. The highest BCUT2D eigenvalue weighted by atomic mass is 16.5. The minimum atomic E-state index is -0.494. The summed E-state index contributed by atoms with van der Waals surface area (Å²) in [5.41, 5.74) is 12.7. The molecule has 0 bridgehead atoms. The van der Waals surface area contributed by atoms with E-state index in [1.807, 2.05) is 37.3 Å². The average molecular weight is 383 g/mol. The fourth-order valence-corrected chi connectivity index (χ4v) is 3.56. The molecule has 0 saturated carbocycles. The second-order valence-electron chi connectivity index (χ2n) is 6.87. The minimum Gasteiger partial charge on any atom is -0.449 e. The molecule has 1 aliphatic rings. The number of fused-ring (bicyclic) bond motifs is 3. The van der Waals surface area contributed by atoms with Gasteiger partial charge in [0.05, 0.1) is 12.2 Å². The summed E-state index contributed by atoms with van der Waals surface area (Å²) < 4.78 is 5.48. The number of nitrogens with two attached hydrogens (primary N) is 1. The standard InChI is InChI=1S/C24H21N3O2/c1-16-12-14-26-22(23(16)25)11-6-13-27-24(28)29-15-21-19-9-4-2-7-17(19)18-8-3-5-10-20(18)21/h2-5,7-10,12,14,21H,13,15,25H2,1H3,(H,27,28). The van der Waals surface area contributed by atoms with Gasteiger partial charge in [0.25, 0.3) is 0 Å². The summed E-state index contributed by atoms with van der Waals surface area (Å²) in [4.78, 5) is 16.3. The molecular formula is C24H21N3O2. The van der Waals surface area contributed by atoms with Crippen LogP contribution in [-0.4, -0.2) is 24.2 Å². The predicted octanol–water partition coefficient (Wildman–Crippen LogP) is 3.86. The van der Waals surface area contributed by atoms with E-state index in [0.717, 1.165) is 5.56 Å². The van der Waals surface area contributed by atoms with Crippen molar-refractivity contribution < 1.29 is 9.53 Å². The SMILES string of the molecule is Cc1ccnc(C#CCNC(=O)OCC2c3ccccc3-c3ccccc32)c1N. The Balaban J connectivity index is 1.36. The lowest BCUT2D eigenvalue weighted by Gasteiger charge is -2.14. The maximum Gasteiger partial charge on any atom is 0.407 e. The number of nitrogens with zero attached hydrogens (tertiary/aromatic N) is 1. The molecule has 0 radical (unpaired) electrons. The lowest BCUT2D eigenvalue weighted by molar-refractivity contribution is 0.144. The molecule has 29 heavy (non-hydrogen) atoms. The van der Waals surface area contributed by atoms with E-state index in [1.54, 1.807) is 6.20 Å². The molecule has 3 N–H and O–H groups in total. The summed E-state index contributed by atoms with van der Waals surface area (Å²) in [5.74, 6) is 5.77. The topological polar surface area (TPSA) is 77.2 Å². The van der Waals surface area contributed by atoms with Crippen molar-refractivity contribution in [1.29, 1.82) is 0 Å². The number of nitrogens with one attached hydrogen (secondary N) is 1. The van der Waals surface area contributed by atoms with Crippen molar-refractivity contribution >= 4 is 11.8 Å². The second kappa shape index (κ2) is 8.07. The van der Waals surface area contributed by atoms with Crippen molar-refractivity contribution in [3.05, 3.63) is 83.2 Å². The minimum absolute atomic E-state index is 0.0375. The largest absolute Gasteiger partial charge is 0.449 e. The Morgan fingerprint density at radius 3 is 2.45 bits per heavy atom. The number of carbonyl (C=O) groups is 1. The molecule has 144 valence electrons. The number of hydrogen-bond acceptors (Lipinski definition) is 4. The van der Waals surface area contributed by atoms with E-state index in [-0.39, 0.29) is 19.1 Å². The first-order valence-electron chi connectivity index (χ1n) is 9.44. The Bertz CT molecular complexity index is 1080. The Labute approximate surface area is 169 Å². The smallest absolute Gasteiger partial charge is 0.407 e. The predicted molar refractivity (Wildman–Crippen MR) is 113 cm³/mol. The fourth-order valence-electron chi connectivity index (χ4n) is 3.56. The van der Waals surface area contributed by atoms with Gasteiger partial charge in [-0.1, -0.05) is 54.5 Å². The number of ether oxygens (including phenoxy) is 1. The van der Waals surface area contributed by atoms with Gasteiger partial charge < -0.3 is 15.8 Å². The fraction of sp³-hybridized carbons (Fsp3) is 0.167. The van der Waals surface area contributed by atoms with Gasteiger partial charge in [-0.2, -0.15) is 0 Å². The molecule has 4 rings (SSSR count). The zero-order chi connectivity index (χ0) is 20.2. The van der Waals surface area contributed by atoms with Gasteiger partial charge in [-0.05, 0) is 46.7 Å². The van der Waals surface area contributed by atoms with E-state index in [2.05, 4.69) is 46.4 Å². The van der Waals surface area contributed by atoms with Crippen LogP contribution in [0.5, 0.6) is 0 Å². The molecule has 2 aromatic carbocycles. The summed E-state index contributed by atoms with van der Waals surface area (Å²) >= 11 is 0. The van der Waals surface area contributed by atoms with Crippen molar-refractivity contribution in [3.8, 4) is 23.0 Å². The van der Waals surface area contributed by atoms with Gasteiger partial charge in [-0.25, -0.2) is 9.78 Å². The Morgan fingerprint density at radius 1 is 1.10 bits per heavy atom. The number of alkyl carbamates (subject to hydrolysis) is 1. The molecule has 0 unspecified atom stereocenters. The molecule has 1 aromatic heterocycles. The Hall–Kier alpha value is -3.78. The maximum atomic E-state index is 12.1. The third-order valence-corrected chi connectivity index (χ3v) is 5.08. The number of aryl methyl sites for hydroxylation is 1. The van der Waals surface area contributed by atoms with Gasteiger partial charge in [-0.3, -0.25) is 0 Å². The number of hydrogen-bond donors (Lipinski definition) is 2. The average Bonchev–Trinajstić information content (AvgIpc) is 3.06. The van der Waals surface area contributed by atoms with E-state index >= 15 is 0 Å². The van der Waals surface area contributed by atoms with Gasteiger partial charge >= 0.3 is 6.09 Å². The second-order valence-corrected chi connectivity index (χ2v) is 6.87. The van der Waals surface area contributed by atoms with E-state index in [9.17, 15) is 4.79 Å². The Morgan fingerprint density at radius 2 is 1.76 bits per heavy atom. The number of nitrogen functional groups attached to an aromatic ring is 1. The molecule has 0 fully saturated rings. The van der Waals surface area contributed by atoms with Crippen LogP contribution in [0.1, 0.15) is 28.3 Å². The monoisotopic (exact) mass is 383 g/mol. The molecule has 0 saturated heterocycles. The Kier molecular flexibility index (Phi) is 5.17. The van der Waals surface area contributed by atoms with Crippen LogP contribution in [0.15, 0.2) is 60.8 Å². The molecular weight excluding hydrogens is 362 g/mol. The highest BCUT2D eigenvalue weighted by Gasteiger charge is 2.28. The normalized spacial score (nSPS) is 11.8. The number of carbonyl (C=O) groups excluding carboxylic acids is 1. The summed E-state index contributed by atoms with van der Waals surface area (Å²) in [6, 6.07) is 18.3. The van der Waals surface area contributed by atoms with E-state index in [1.165, 1.54) is 22.3 Å². The van der Waals surface area contributed by atoms with Crippen LogP contribution in [0.2, 0.25) is 0 Å². The van der Waals surface area contributed by atoms with E-state index in [0.29, 0.717) is 11.4 Å². The van der Waals surface area contributed by atoms with Crippen molar-refractivity contribution in [2.45, 2.75) is 12.8 Å². The van der Waals surface area contributed by atoms with Crippen molar-refractivity contribution in [2.24, 2.45) is 0 Å². The van der Waals surface area contributed by atoms with Crippen LogP contribution < -0.4 is 11.1 Å². The van der Waals surface area contributed by atoms with Crippen LogP contribution >= 0.6 is 0 Å². The third kappa shape index (κ3) is 3.78. The van der Waals surface area contributed by atoms with Gasteiger partial charge in [-0.15, -0.1) is 0 Å². The van der Waals surface area contributed by atoms with Crippen LogP contribution in [0.4, 0.5) is 10.5 Å². The number of aromatic nitrogens is 1. The van der Waals surface area contributed by atoms with Crippen LogP contribution in [-0.2, 0) is 4.74 Å². The van der Waals surface area contributed by atoms with E-state index in [4.69, 9.17) is 10.5 Å². The van der Waals surface area contributed by atoms with E-state index < -0.39 is 6.09 Å². The first-order chi connectivity index (χ1) is 14.1. The third-order valence-electron chi connectivity index (χ3n) is 5.08. The van der Waals surface area contributed by atoms with Crippen molar-refractivity contribution in [3.63, 3.8) is 0 Å². The quantitative estimate of drug-likeness (QED) is 0.673.